The van der Waals surface area contributed by atoms with Gasteiger partial charge in [-0.1, -0.05) is 18.2 Å². The van der Waals surface area contributed by atoms with E-state index in [1.54, 1.807) is 0 Å². The zero-order valence-corrected chi connectivity index (χ0v) is 13.1. The Morgan fingerprint density at radius 1 is 1.04 bits per heavy atom. The maximum Gasteiger partial charge on any atom is 0.320 e. The third-order valence-corrected chi connectivity index (χ3v) is 3.54. The fourth-order valence-corrected chi connectivity index (χ4v) is 2.20. The van der Waals surface area contributed by atoms with Crippen LogP contribution in [0.2, 0.25) is 0 Å². The predicted molar refractivity (Wildman–Crippen MR) is 90.6 cm³/mol. The summed E-state index contributed by atoms with van der Waals surface area (Å²) in [7, 11) is 0. The van der Waals surface area contributed by atoms with Gasteiger partial charge in [0, 0.05) is 5.56 Å². The molecule has 130 valence electrons. The molecular formula is C18H17NO6. The Balaban J connectivity index is 2.28. The summed E-state index contributed by atoms with van der Waals surface area (Å²) in [6.45, 7) is 0. The molecule has 6 N–H and O–H groups in total. The van der Waals surface area contributed by atoms with Crippen LogP contribution < -0.4 is 5.73 Å². The van der Waals surface area contributed by atoms with Crippen molar-refractivity contribution in [3.8, 4) is 17.2 Å². The fraction of sp³-hybridized carbons (Fsp3) is 0.111. The van der Waals surface area contributed by atoms with E-state index in [1.807, 2.05) is 0 Å². The van der Waals surface area contributed by atoms with Crippen molar-refractivity contribution < 1.29 is 30.0 Å². The lowest BCUT2D eigenvalue weighted by Crippen LogP contribution is -2.32. The highest BCUT2D eigenvalue weighted by Crippen LogP contribution is 2.25. The van der Waals surface area contributed by atoms with Gasteiger partial charge in [0.2, 0.25) is 0 Å². The van der Waals surface area contributed by atoms with Crippen molar-refractivity contribution in [2.24, 2.45) is 5.73 Å². The molecule has 25 heavy (non-hydrogen) atoms. The molecule has 2 rings (SSSR count). The number of phenols is 3. The molecule has 0 aliphatic heterocycles. The summed E-state index contributed by atoms with van der Waals surface area (Å²) < 4.78 is 0. The number of carbonyl (C=O) groups is 2. The fourth-order valence-electron chi connectivity index (χ4n) is 2.20. The van der Waals surface area contributed by atoms with Crippen molar-refractivity contribution in [3.63, 3.8) is 0 Å². The normalized spacial score (nSPS) is 12.2. The minimum atomic E-state index is -1.19. The van der Waals surface area contributed by atoms with Crippen LogP contribution in [-0.2, 0) is 11.2 Å². The minimum absolute atomic E-state index is 0.0650. The van der Waals surface area contributed by atoms with Crippen LogP contribution in [0.1, 0.15) is 21.5 Å². The summed E-state index contributed by atoms with van der Waals surface area (Å²) in [6.07, 6.45) is 2.58. The van der Waals surface area contributed by atoms with E-state index in [2.05, 4.69) is 0 Å². The standard InChI is InChI=1S/C18H17NO6/c19-14(18(24)25)8-11-3-4-12(20)9-13(11)15(21)5-1-10-2-6-16(22)17(23)7-10/h1-7,9,14,20,22-23H,8,19H2,(H,24,25)/b5-1+/t14-/m0/s1. The average molecular weight is 343 g/mol. The van der Waals surface area contributed by atoms with Gasteiger partial charge >= 0.3 is 5.97 Å². The van der Waals surface area contributed by atoms with E-state index >= 15 is 0 Å². The van der Waals surface area contributed by atoms with Crippen LogP contribution in [-0.4, -0.2) is 38.2 Å². The maximum atomic E-state index is 12.4. The number of rotatable bonds is 6. The second-order valence-corrected chi connectivity index (χ2v) is 5.44. The summed E-state index contributed by atoms with van der Waals surface area (Å²) in [5.41, 5.74) is 6.52. The molecule has 2 aromatic carbocycles. The van der Waals surface area contributed by atoms with Crippen LogP contribution in [0.3, 0.4) is 0 Å². The van der Waals surface area contributed by atoms with Crippen molar-refractivity contribution in [2.45, 2.75) is 12.5 Å². The van der Waals surface area contributed by atoms with Gasteiger partial charge in [-0.05, 0) is 47.9 Å². The third-order valence-electron chi connectivity index (χ3n) is 3.54. The SMILES string of the molecule is N[C@@H](Cc1ccc(O)cc1C(=O)/C=C/c1ccc(O)c(O)c1)C(=O)O. The summed E-state index contributed by atoms with van der Waals surface area (Å²) in [5.74, 6) is -2.38. The van der Waals surface area contributed by atoms with Gasteiger partial charge in [0.15, 0.2) is 17.3 Å². The van der Waals surface area contributed by atoms with Gasteiger partial charge in [-0.15, -0.1) is 0 Å². The first-order valence-electron chi connectivity index (χ1n) is 7.32. The van der Waals surface area contributed by atoms with Crippen LogP contribution in [0.15, 0.2) is 42.5 Å². The number of carboxylic acids is 1. The number of carboxylic acid groups (broad SMARTS) is 1. The largest absolute Gasteiger partial charge is 0.508 e. The molecule has 0 amide bonds. The second kappa shape index (κ2) is 7.50. The molecule has 0 unspecified atom stereocenters. The molecule has 0 fully saturated rings. The van der Waals surface area contributed by atoms with Gasteiger partial charge < -0.3 is 26.2 Å². The number of carbonyl (C=O) groups excluding carboxylic acids is 1. The number of allylic oxidation sites excluding steroid dienone is 1. The van der Waals surface area contributed by atoms with Crippen molar-refractivity contribution in [1.82, 2.24) is 0 Å². The van der Waals surface area contributed by atoms with Crippen LogP contribution >= 0.6 is 0 Å². The van der Waals surface area contributed by atoms with Gasteiger partial charge in [0.25, 0.3) is 0 Å². The Labute approximate surface area is 143 Å². The first-order valence-corrected chi connectivity index (χ1v) is 7.32. The summed E-state index contributed by atoms with van der Waals surface area (Å²) in [4.78, 5) is 23.3. The van der Waals surface area contributed by atoms with Crippen LogP contribution in [0.4, 0.5) is 0 Å². The van der Waals surface area contributed by atoms with E-state index in [1.165, 1.54) is 48.6 Å². The van der Waals surface area contributed by atoms with E-state index < -0.39 is 17.8 Å². The number of benzene rings is 2. The number of aromatic hydroxyl groups is 3. The van der Waals surface area contributed by atoms with Crippen molar-refractivity contribution in [2.75, 3.05) is 0 Å². The number of nitrogens with two attached hydrogens (primary N) is 1. The molecule has 1 atom stereocenters. The van der Waals surface area contributed by atoms with Gasteiger partial charge in [0.1, 0.15) is 11.8 Å². The molecule has 2 aromatic rings. The van der Waals surface area contributed by atoms with E-state index in [-0.39, 0.29) is 29.2 Å². The maximum absolute atomic E-state index is 12.4. The molecule has 7 heteroatoms. The lowest BCUT2D eigenvalue weighted by molar-refractivity contribution is -0.138. The Kier molecular flexibility index (Phi) is 5.41. The highest BCUT2D eigenvalue weighted by molar-refractivity contribution is 6.08. The van der Waals surface area contributed by atoms with Crippen LogP contribution in [0, 0.1) is 0 Å². The van der Waals surface area contributed by atoms with Gasteiger partial charge in [-0.25, -0.2) is 0 Å². The lowest BCUT2D eigenvalue weighted by Gasteiger charge is -2.10. The highest BCUT2D eigenvalue weighted by Gasteiger charge is 2.17. The molecular weight excluding hydrogens is 326 g/mol. The zero-order valence-electron chi connectivity index (χ0n) is 13.1. The van der Waals surface area contributed by atoms with Crippen LogP contribution in [0.5, 0.6) is 17.2 Å². The van der Waals surface area contributed by atoms with Crippen molar-refractivity contribution in [3.05, 3.63) is 59.2 Å². The van der Waals surface area contributed by atoms with E-state index in [9.17, 15) is 24.9 Å². The molecule has 0 aliphatic rings. The monoisotopic (exact) mass is 343 g/mol. The molecule has 7 nitrogen and oxygen atoms in total. The van der Waals surface area contributed by atoms with E-state index in [0.29, 0.717) is 11.1 Å². The Hall–Kier alpha value is -3.32. The van der Waals surface area contributed by atoms with Crippen molar-refractivity contribution in [1.29, 1.82) is 0 Å². The van der Waals surface area contributed by atoms with E-state index in [4.69, 9.17) is 10.8 Å². The van der Waals surface area contributed by atoms with Gasteiger partial charge in [-0.2, -0.15) is 0 Å². The average Bonchev–Trinajstić information content (AvgIpc) is 2.57. The Morgan fingerprint density at radius 3 is 2.40 bits per heavy atom. The molecule has 0 aliphatic carbocycles. The number of phenolic OH excluding ortho intramolecular Hbond substituents is 3. The Morgan fingerprint density at radius 2 is 1.76 bits per heavy atom. The molecule has 0 saturated heterocycles. The minimum Gasteiger partial charge on any atom is -0.508 e. The summed E-state index contributed by atoms with van der Waals surface area (Å²) in [5, 5.41) is 37.2. The number of hydrogen-bond acceptors (Lipinski definition) is 6. The number of ketones is 1. The summed E-state index contributed by atoms with van der Waals surface area (Å²) in [6, 6.07) is 6.93. The molecule has 0 spiro atoms. The smallest absolute Gasteiger partial charge is 0.320 e. The van der Waals surface area contributed by atoms with Crippen LogP contribution in [0.25, 0.3) is 6.08 Å². The lowest BCUT2D eigenvalue weighted by atomic mass is 9.97. The molecule has 0 aromatic heterocycles. The van der Waals surface area contributed by atoms with Crippen molar-refractivity contribution >= 4 is 17.8 Å². The molecule has 0 saturated carbocycles. The summed E-state index contributed by atoms with van der Waals surface area (Å²) >= 11 is 0. The molecule has 0 radical (unpaired) electrons. The Bertz CT molecular complexity index is 843. The van der Waals surface area contributed by atoms with Gasteiger partial charge in [0.05, 0.1) is 0 Å². The second-order valence-electron chi connectivity index (χ2n) is 5.44. The first-order chi connectivity index (χ1) is 11.8. The first kappa shape index (κ1) is 18.0. The zero-order chi connectivity index (χ0) is 18.6. The third kappa shape index (κ3) is 4.58. The quantitative estimate of drug-likeness (QED) is 0.305. The topological polar surface area (TPSA) is 141 Å². The molecule has 0 bridgehead atoms. The van der Waals surface area contributed by atoms with Gasteiger partial charge in [-0.3, -0.25) is 9.59 Å². The molecule has 0 heterocycles. The predicted octanol–water partition coefficient (Wildman–Crippen LogP) is 1.65. The number of aliphatic carboxylic acids is 1. The number of hydrogen-bond donors (Lipinski definition) is 5. The highest BCUT2D eigenvalue weighted by atomic mass is 16.4. The van der Waals surface area contributed by atoms with E-state index in [0.717, 1.165) is 0 Å².